The first-order valence-electron chi connectivity index (χ1n) is 8.10. The van der Waals surface area contributed by atoms with E-state index in [2.05, 4.69) is 25.7 Å². The van der Waals surface area contributed by atoms with Crippen molar-refractivity contribution in [1.29, 1.82) is 0 Å². The van der Waals surface area contributed by atoms with Gasteiger partial charge in [-0.05, 0) is 55.3 Å². The van der Waals surface area contributed by atoms with Crippen LogP contribution in [0.4, 0.5) is 4.39 Å². The number of nitrogens with two attached hydrogens (primary N) is 1. The Hall–Kier alpha value is -0.930. The number of halogens is 1. The largest absolute Gasteiger partial charge is 0.326 e. The third-order valence-corrected chi connectivity index (χ3v) is 4.79. The zero-order valence-corrected chi connectivity index (χ0v) is 13.7. The quantitative estimate of drug-likeness (QED) is 0.914. The number of benzene rings is 1. The molecule has 1 unspecified atom stereocenters. The van der Waals surface area contributed by atoms with E-state index in [1.54, 1.807) is 6.07 Å². The van der Waals surface area contributed by atoms with Gasteiger partial charge in [0.25, 0.3) is 0 Å². The molecule has 0 saturated carbocycles. The summed E-state index contributed by atoms with van der Waals surface area (Å²) in [7, 11) is 0. The van der Waals surface area contributed by atoms with Crippen molar-refractivity contribution >= 4 is 0 Å². The summed E-state index contributed by atoms with van der Waals surface area (Å²) in [6.07, 6.45) is 3.71. The molecule has 1 heterocycles. The Bertz CT molecular complexity index is 465. The minimum Gasteiger partial charge on any atom is -0.326 e. The van der Waals surface area contributed by atoms with Crippen LogP contribution in [0.25, 0.3) is 0 Å². The molecule has 0 aliphatic carbocycles. The first-order chi connectivity index (χ1) is 9.90. The van der Waals surface area contributed by atoms with Gasteiger partial charge in [0.15, 0.2) is 0 Å². The van der Waals surface area contributed by atoms with Crippen LogP contribution in [-0.2, 0) is 13.1 Å². The van der Waals surface area contributed by atoms with Gasteiger partial charge < -0.3 is 5.73 Å². The van der Waals surface area contributed by atoms with Gasteiger partial charge in [-0.1, -0.05) is 32.9 Å². The van der Waals surface area contributed by atoms with E-state index in [1.807, 2.05) is 12.1 Å². The van der Waals surface area contributed by atoms with Crippen LogP contribution in [0.3, 0.4) is 0 Å². The molecule has 1 aromatic carbocycles. The highest BCUT2D eigenvalue weighted by atomic mass is 19.1. The van der Waals surface area contributed by atoms with E-state index in [0.29, 0.717) is 18.5 Å². The highest BCUT2D eigenvalue weighted by molar-refractivity contribution is 5.24. The predicted molar refractivity (Wildman–Crippen MR) is 86.4 cm³/mol. The smallest absolute Gasteiger partial charge is 0.128 e. The number of rotatable bonds is 3. The first-order valence-corrected chi connectivity index (χ1v) is 8.10. The standard InChI is InChI=1S/C18H29FN2/c1-18(2,3)16-5-4-9-21(10-8-16)13-15-7-6-14(12-20)11-17(15)19/h6-7,11,16H,4-5,8-10,12-13,20H2,1-3H3. The lowest BCUT2D eigenvalue weighted by atomic mass is 9.77. The van der Waals surface area contributed by atoms with Gasteiger partial charge in [-0.15, -0.1) is 0 Å². The van der Waals surface area contributed by atoms with Crippen molar-refractivity contribution in [3.8, 4) is 0 Å². The summed E-state index contributed by atoms with van der Waals surface area (Å²) < 4.78 is 14.1. The van der Waals surface area contributed by atoms with E-state index < -0.39 is 0 Å². The molecule has 2 rings (SSSR count). The van der Waals surface area contributed by atoms with Crippen molar-refractivity contribution in [2.75, 3.05) is 13.1 Å². The summed E-state index contributed by atoms with van der Waals surface area (Å²) in [5.41, 5.74) is 7.59. The Morgan fingerprint density at radius 1 is 1.24 bits per heavy atom. The minimum atomic E-state index is -0.116. The lowest BCUT2D eigenvalue weighted by molar-refractivity contribution is 0.206. The average molecular weight is 292 g/mol. The van der Waals surface area contributed by atoms with Gasteiger partial charge in [-0.25, -0.2) is 4.39 Å². The highest BCUT2D eigenvalue weighted by Crippen LogP contribution is 2.34. The average Bonchev–Trinajstić information content (AvgIpc) is 2.66. The van der Waals surface area contributed by atoms with Crippen molar-refractivity contribution in [1.82, 2.24) is 4.90 Å². The van der Waals surface area contributed by atoms with Crippen LogP contribution in [0.1, 0.15) is 51.2 Å². The summed E-state index contributed by atoms with van der Waals surface area (Å²) in [6.45, 7) is 10.3. The molecule has 2 nitrogen and oxygen atoms in total. The topological polar surface area (TPSA) is 29.3 Å². The minimum absolute atomic E-state index is 0.116. The van der Waals surface area contributed by atoms with Crippen LogP contribution >= 0.6 is 0 Å². The predicted octanol–water partition coefficient (Wildman–Crippen LogP) is 3.93. The van der Waals surface area contributed by atoms with Crippen LogP contribution in [0.5, 0.6) is 0 Å². The highest BCUT2D eigenvalue weighted by Gasteiger charge is 2.27. The maximum absolute atomic E-state index is 14.1. The van der Waals surface area contributed by atoms with E-state index in [1.165, 1.54) is 19.3 Å². The van der Waals surface area contributed by atoms with Crippen molar-refractivity contribution in [3.05, 3.63) is 35.1 Å². The number of nitrogens with zero attached hydrogens (tertiary/aromatic N) is 1. The van der Waals surface area contributed by atoms with Crippen molar-refractivity contribution < 1.29 is 4.39 Å². The van der Waals surface area contributed by atoms with Crippen LogP contribution < -0.4 is 5.73 Å². The fourth-order valence-corrected chi connectivity index (χ4v) is 3.27. The van der Waals surface area contributed by atoms with Gasteiger partial charge in [0.1, 0.15) is 5.82 Å². The van der Waals surface area contributed by atoms with Crippen LogP contribution in [0.15, 0.2) is 18.2 Å². The van der Waals surface area contributed by atoms with Crippen LogP contribution in [0, 0.1) is 17.2 Å². The number of hydrogen-bond acceptors (Lipinski definition) is 2. The van der Waals surface area contributed by atoms with E-state index in [-0.39, 0.29) is 5.82 Å². The Morgan fingerprint density at radius 2 is 2.00 bits per heavy atom. The normalized spacial score (nSPS) is 21.3. The van der Waals surface area contributed by atoms with Gasteiger partial charge in [-0.3, -0.25) is 4.90 Å². The van der Waals surface area contributed by atoms with E-state index in [9.17, 15) is 4.39 Å². The second-order valence-corrected chi connectivity index (χ2v) is 7.40. The zero-order chi connectivity index (χ0) is 15.5. The number of likely N-dealkylation sites (tertiary alicyclic amines) is 1. The molecule has 3 heteroatoms. The molecule has 0 aromatic heterocycles. The Labute approximate surface area is 128 Å². The summed E-state index contributed by atoms with van der Waals surface area (Å²) in [5.74, 6) is 0.654. The molecule has 21 heavy (non-hydrogen) atoms. The van der Waals surface area contributed by atoms with Gasteiger partial charge in [0.2, 0.25) is 0 Å². The van der Waals surface area contributed by atoms with Crippen LogP contribution in [-0.4, -0.2) is 18.0 Å². The van der Waals surface area contributed by atoms with E-state index in [4.69, 9.17) is 5.73 Å². The Balaban J connectivity index is 1.98. The monoisotopic (exact) mass is 292 g/mol. The summed E-state index contributed by atoms with van der Waals surface area (Å²) in [4.78, 5) is 2.40. The third kappa shape index (κ3) is 4.52. The molecule has 1 fully saturated rings. The van der Waals surface area contributed by atoms with Gasteiger partial charge in [0.05, 0.1) is 0 Å². The summed E-state index contributed by atoms with van der Waals surface area (Å²) in [5, 5.41) is 0. The summed E-state index contributed by atoms with van der Waals surface area (Å²) in [6, 6.07) is 5.41. The molecule has 1 aliphatic heterocycles. The lowest BCUT2D eigenvalue weighted by Crippen LogP contribution is -2.26. The molecule has 0 radical (unpaired) electrons. The van der Waals surface area contributed by atoms with Gasteiger partial charge in [0, 0.05) is 18.7 Å². The lowest BCUT2D eigenvalue weighted by Gasteiger charge is -2.29. The first kappa shape index (κ1) is 16.4. The Morgan fingerprint density at radius 3 is 2.62 bits per heavy atom. The maximum atomic E-state index is 14.1. The Kier molecular flexibility index (Phi) is 5.39. The maximum Gasteiger partial charge on any atom is 0.128 e. The molecule has 0 amide bonds. The molecule has 118 valence electrons. The molecule has 2 N–H and O–H groups in total. The summed E-state index contributed by atoms with van der Waals surface area (Å²) >= 11 is 0. The van der Waals surface area contributed by atoms with Crippen LogP contribution in [0.2, 0.25) is 0 Å². The number of hydrogen-bond donors (Lipinski definition) is 1. The van der Waals surface area contributed by atoms with Gasteiger partial charge >= 0.3 is 0 Å². The fourth-order valence-electron chi connectivity index (χ4n) is 3.27. The van der Waals surface area contributed by atoms with E-state index >= 15 is 0 Å². The fraction of sp³-hybridized carbons (Fsp3) is 0.667. The molecule has 0 bridgehead atoms. The molecular weight excluding hydrogens is 263 g/mol. The molecule has 1 aromatic rings. The van der Waals surface area contributed by atoms with E-state index in [0.717, 1.165) is 30.1 Å². The SMILES string of the molecule is CC(C)(C)C1CCCN(Cc2ccc(CN)cc2F)CC1. The van der Waals surface area contributed by atoms with Gasteiger partial charge in [-0.2, -0.15) is 0 Å². The third-order valence-electron chi connectivity index (χ3n) is 4.79. The molecule has 1 saturated heterocycles. The van der Waals surface area contributed by atoms with Crippen molar-refractivity contribution in [3.63, 3.8) is 0 Å². The van der Waals surface area contributed by atoms with Crippen molar-refractivity contribution in [2.24, 2.45) is 17.1 Å². The second kappa shape index (κ2) is 6.89. The molecule has 0 spiro atoms. The molecular formula is C18H29FN2. The second-order valence-electron chi connectivity index (χ2n) is 7.40. The van der Waals surface area contributed by atoms with Crippen molar-refractivity contribution in [2.45, 2.75) is 53.1 Å². The molecule has 1 atom stereocenters. The molecule has 1 aliphatic rings. The zero-order valence-electron chi connectivity index (χ0n) is 13.7.